The third-order valence-electron chi connectivity index (χ3n) is 5.31. The average molecular weight is 365 g/mol. The topological polar surface area (TPSA) is 19.0 Å². The van der Waals surface area contributed by atoms with Crippen LogP contribution in [-0.2, 0) is 6.42 Å². The molecule has 1 atom stereocenters. The third kappa shape index (κ3) is 4.03. The molecule has 2 heterocycles. The molecule has 0 spiro atoms. The molecule has 2 nitrogen and oxygen atoms in total. The summed E-state index contributed by atoms with van der Waals surface area (Å²) in [5, 5.41) is 2.20. The summed E-state index contributed by atoms with van der Waals surface area (Å²) in [6.07, 6.45) is 10.4. The monoisotopic (exact) mass is 364 g/mol. The van der Waals surface area contributed by atoms with Gasteiger partial charge in [-0.05, 0) is 55.1 Å². The smallest absolute Gasteiger partial charge is 0.0456 e. The van der Waals surface area contributed by atoms with Crippen LogP contribution in [0.1, 0.15) is 29.9 Å². The van der Waals surface area contributed by atoms with Gasteiger partial charge in [-0.3, -0.25) is 4.90 Å². The highest BCUT2D eigenvalue weighted by Gasteiger charge is 2.17. The van der Waals surface area contributed by atoms with Crippen molar-refractivity contribution in [2.75, 3.05) is 19.6 Å². The van der Waals surface area contributed by atoms with Gasteiger partial charge in [-0.15, -0.1) is 0 Å². The van der Waals surface area contributed by atoms with Crippen LogP contribution in [0.15, 0.2) is 66.9 Å². The van der Waals surface area contributed by atoms with Gasteiger partial charge >= 0.3 is 0 Å². The van der Waals surface area contributed by atoms with Gasteiger partial charge in [0.15, 0.2) is 0 Å². The Kier molecular flexibility index (Phi) is 5.42. The zero-order chi connectivity index (χ0) is 17.8. The van der Waals surface area contributed by atoms with E-state index in [-0.39, 0.29) is 0 Å². The average Bonchev–Trinajstić information content (AvgIpc) is 3.09. The molecule has 0 saturated heterocycles. The van der Waals surface area contributed by atoms with Crippen LogP contribution in [0.3, 0.4) is 0 Å². The molecule has 1 N–H and O–H groups in total. The molecule has 1 unspecified atom stereocenters. The number of halogens is 1. The fraction of sp³-hybridized carbons (Fsp3) is 0.304. The van der Waals surface area contributed by atoms with Crippen molar-refractivity contribution in [3.63, 3.8) is 0 Å². The van der Waals surface area contributed by atoms with Crippen LogP contribution in [0.5, 0.6) is 0 Å². The van der Waals surface area contributed by atoms with E-state index in [4.69, 9.17) is 11.6 Å². The van der Waals surface area contributed by atoms with Gasteiger partial charge in [0.05, 0.1) is 0 Å². The molecule has 1 aliphatic heterocycles. The van der Waals surface area contributed by atoms with E-state index in [9.17, 15) is 0 Å². The van der Waals surface area contributed by atoms with Crippen LogP contribution in [0.25, 0.3) is 10.9 Å². The Morgan fingerprint density at radius 1 is 1.08 bits per heavy atom. The summed E-state index contributed by atoms with van der Waals surface area (Å²) in [6, 6.07) is 16.8. The van der Waals surface area contributed by atoms with Gasteiger partial charge in [0, 0.05) is 41.1 Å². The predicted molar refractivity (Wildman–Crippen MR) is 111 cm³/mol. The Morgan fingerprint density at radius 2 is 2.00 bits per heavy atom. The van der Waals surface area contributed by atoms with E-state index in [1.807, 2.05) is 12.1 Å². The summed E-state index contributed by atoms with van der Waals surface area (Å²) in [4.78, 5) is 5.93. The molecule has 3 aromatic rings. The molecule has 1 aromatic heterocycles. The number of para-hydroxylation sites is 1. The molecule has 1 aliphatic rings. The highest BCUT2D eigenvalue weighted by molar-refractivity contribution is 6.30. The van der Waals surface area contributed by atoms with Crippen molar-refractivity contribution < 1.29 is 0 Å². The summed E-state index contributed by atoms with van der Waals surface area (Å²) >= 11 is 6.15. The number of aromatic nitrogens is 1. The molecule has 0 bridgehead atoms. The molecule has 0 fully saturated rings. The summed E-state index contributed by atoms with van der Waals surface area (Å²) in [5.41, 5.74) is 4.00. The van der Waals surface area contributed by atoms with Gasteiger partial charge in [-0.1, -0.05) is 54.1 Å². The van der Waals surface area contributed by atoms with E-state index in [1.54, 1.807) is 0 Å². The maximum Gasteiger partial charge on any atom is 0.0456 e. The minimum atomic E-state index is 0.455. The lowest BCUT2D eigenvalue weighted by atomic mass is 9.95. The Bertz CT molecular complexity index is 896. The minimum absolute atomic E-state index is 0.455. The Hall–Kier alpha value is -2.03. The largest absolute Gasteiger partial charge is 0.361 e. The van der Waals surface area contributed by atoms with Crippen LogP contribution < -0.4 is 0 Å². The summed E-state index contributed by atoms with van der Waals surface area (Å²) in [6.45, 7) is 3.30. The molecule has 4 rings (SSSR count). The first kappa shape index (κ1) is 17.4. The highest BCUT2D eigenvalue weighted by Crippen LogP contribution is 2.25. The first-order chi connectivity index (χ1) is 12.8. The number of benzene rings is 2. The van der Waals surface area contributed by atoms with E-state index in [0.717, 1.165) is 31.1 Å². The van der Waals surface area contributed by atoms with Crippen molar-refractivity contribution in [3.8, 4) is 0 Å². The standard InChI is InChI=1S/C23H25ClN2/c24-21-10-5-8-18(15-21)20-9-6-14-26(17-20)13-4-3-7-19-16-25-23-12-2-1-11-22(19)23/h1-2,5-6,8-12,15-16,20,25H,3-4,7,13-14,17H2. The summed E-state index contributed by atoms with van der Waals surface area (Å²) in [5.74, 6) is 0.455. The van der Waals surface area contributed by atoms with Gasteiger partial charge < -0.3 is 4.98 Å². The molecule has 0 saturated carbocycles. The number of fused-ring (bicyclic) bond motifs is 1. The number of H-pyrrole nitrogens is 1. The summed E-state index contributed by atoms with van der Waals surface area (Å²) < 4.78 is 0. The SMILES string of the molecule is Clc1cccc(C2C=CCN(CCCCc3c[nH]c4ccccc34)C2)c1. The number of hydrogen-bond acceptors (Lipinski definition) is 1. The van der Waals surface area contributed by atoms with Crippen molar-refractivity contribution in [1.82, 2.24) is 9.88 Å². The van der Waals surface area contributed by atoms with Gasteiger partial charge in [0.1, 0.15) is 0 Å². The van der Waals surface area contributed by atoms with Crippen LogP contribution >= 0.6 is 11.6 Å². The maximum atomic E-state index is 6.15. The molecule has 2 aromatic carbocycles. The van der Waals surface area contributed by atoms with Gasteiger partial charge in [0.25, 0.3) is 0 Å². The van der Waals surface area contributed by atoms with Crippen molar-refractivity contribution in [1.29, 1.82) is 0 Å². The molecular weight excluding hydrogens is 340 g/mol. The lowest BCUT2D eigenvalue weighted by Crippen LogP contribution is -2.32. The number of nitrogens with one attached hydrogen (secondary N) is 1. The third-order valence-corrected chi connectivity index (χ3v) is 5.54. The van der Waals surface area contributed by atoms with E-state index >= 15 is 0 Å². The zero-order valence-electron chi connectivity index (χ0n) is 15.0. The second kappa shape index (κ2) is 8.11. The first-order valence-corrected chi connectivity index (χ1v) is 9.87. The van der Waals surface area contributed by atoms with Gasteiger partial charge in [0.2, 0.25) is 0 Å². The zero-order valence-corrected chi connectivity index (χ0v) is 15.8. The lowest BCUT2D eigenvalue weighted by molar-refractivity contribution is 0.278. The fourth-order valence-electron chi connectivity index (χ4n) is 3.91. The predicted octanol–water partition coefficient (Wildman–Crippen LogP) is 5.80. The van der Waals surface area contributed by atoms with Crippen molar-refractivity contribution in [2.45, 2.75) is 25.2 Å². The Labute approximate surface area is 160 Å². The normalized spacial score (nSPS) is 17.8. The van der Waals surface area contributed by atoms with Crippen molar-refractivity contribution >= 4 is 22.5 Å². The summed E-state index contributed by atoms with van der Waals surface area (Å²) in [7, 11) is 0. The molecule has 3 heteroatoms. The first-order valence-electron chi connectivity index (χ1n) is 9.49. The number of rotatable bonds is 6. The molecular formula is C23H25ClN2. The fourth-order valence-corrected chi connectivity index (χ4v) is 4.11. The van der Waals surface area contributed by atoms with Crippen LogP contribution in [0, 0.1) is 0 Å². The second-order valence-corrected chi connectivity index (χ2v) is 7.60. The number of hydrogen-bond donors (Lipinski definition) is 1. The number of aryl methyl sites for hydroxylation is 1. The van der Waals surface area contributed by atoms with Crippen LogP contribution in [0.4, 0.5) is 0 Å². The minimum Gasteiger partial charge on any atom is -0.361 e. The number of nitrogens with zero attached hydrogens (tertiary/aromatic N) is 1. The number of unbranched alkanes of at least 4 members (excludes halogenated alkanes) is 1. The Balaban J connectivity index is 1.28. The van der Waals surface area contributed by atoms with Crippen LogP contribution in [0.2, 0.25) is 5.02 Å². The maximum absolute atomic E-state index is 6.15. The van der Waals surface area contributed by atoms with E-state index in [2.05, 4.69) is 64.6 Å². The van der Waals surface area contributed by atoms with E-state index < -0.39 is 0 Å². The molecule has 134 valence electrons. The van der Waals surface area contributed by atoms with Crippen molar-refractivity contribution in [2.24, 2.45) is 0 Å². The molecule has 26 heavy (non-hydrogen) atoms. The highest BCUT2D eigenvalue weighted by atomic mass is 35.5. The number of aromatic amines is 1. The molecule has 0 aliphatic carbocycles. The lowest BCUT2D eigenvalue weighted by Gasteiger charge is -2.29. The van der Waals surface area contributed by atoms with Crippen molar-refractivity contribution in [3.05, 3.63) is 83.0 Å². The van der Waals surface area contributed by atoms with Crippen LogP contribution in [-0.4, -0.2) is 29.5 Å². The van der Waals surface area contributed by atoms with E-state index in [1.165, 1.54) is 34.9 Å². The second-order valence-electron chi connectivity index (χ2n) is 7.17. The van der Waals surface area contributed by atoms with E-state index in [0.29, 0.717) is 5.92 Å². The quantitative estimate of drug-likeness (QED) is 0.432. The van der Waals surface area contributed by atoms with Gasteiger partial charge in [-0.25, -0.2) is 0 Å². The molecule has 0 radical (unpaired) electrons. The Morgan fingerprint density at radius 3 is 2.92 bits per heavy atom. The van der Waals surface area contributed by atoms with Gasteiger partial charge in [-0.2, -0.15) is 0 Å². The molecule has 0 amide bonds.